The smallest absolute Gasteiger partial charge is 0.292 e. The number of nitrogens with zero attached hydrogens (tertiary/aromatic N) is 1. The van der Waals surface area contributed by atoms with Crippen LogP contribution < -0.4 is 9.80 Å². The van der Waals surface area contributed by atoms with Crippen LogP contribution in [0.15, 0.2) is 48.5 Å². The number of hydrogen-bond donors (Lipinski definition) is 1. The van der Waals surface area contributed by atoms with Crippen LogP contribution in [0.1, 0.15) is 30.4 Å². The van der Waals surface area contributed by atoms with Crippen molar-refractivity contribution in [1.82, 2.24) is 0 Å². The number of rotatable bonds is 4. The number of likely N-dealkylation sites (tertiary alicyclic amines) is 1. The molecule has 2 aliphatic rings. The summed E-state index contributed by atoms with van der Waals surface area (Å²) in [5.41, 5.74) is 2.91. The van der Waals surface area contributed by atoms with Gasteiger partial charge in [-0.05, 0) is 55.4 Å². The summed E-state index contributed by atoms with van der Waals surface area (Å²) in [6.45, 7) is 3.81. The molecule has 0 aromatic heterocycles. The van der Waals surface area contributed by atoms with Crippen molar-refractivity contribution in [3.8, 4) is 0 Å². The van der Waals surface area contributed by atoms with Gasteiger partial charge in [0.05, 0.1) is 25.2 Å². The van der Waals surface area contributed by atoms with Crippen LogP contribution >= 0.6 is 11.6 Å². The Morgan fingerprint density at radius 1 is 1.07 bits per heavy atom. The van der Waals surface area contributed by atoms with Crippen LogP contribution in [0.5, 0.6) is 0 Å². The molecule has 2 aromatic carbocycles. The molecule has 1 N–H and O–H groups in total. The predicted molar refractivity (Wildman–Crippen MR) is 111 cm³/mol. The van der Waals surface area contributed by atoms with Crippen LogP contribution in [0.4, 0.5) is 5.69 Å². The minimum atomic E-state index is -0.259. The second kappa shape index (κ2) is 8.06. The molecular formula is C23H26ClN2O2+. The normalized spacial score (nSPS) is 25.4. The quantitative estimate of drug-likeness (QED) is 0.806. The highest BCUT2D eigenvalue weighted by Gasteiger charge is 2.46. The molecule has 0 bridgehead atoms. The van der Waals surface area contributed by atoms with E-state index in [1.54, 1.807) is 12.1 Å². The van der Waals surface area contributed by atoms with Gasteiger partial charge < -0.3 is 4.90 Å². The summed E-state index contributed by atoms with van der Waals surface area (Å²) >= 11 is 6.20. The number of amides is 2. The average molecular weight is 398 g/mol. The van der Waals surface area contributed by atoms with Crippen molar-refractivity contribution in [2.45, 2.75) is 38.6 Å². The number of imide groups is 1. The zero-order valence-electron chi connectivity index (χ0n) is 16.2. The Labute approximate surface area is 171 Å². The Kier molecular flexibility index (Phi) is 5.51. The fourth-order valence-electron chi connectivity index (χ4n) is 4.49. The second-order valence-corrected chi connectivity index (χ2v) is 8.46. The summed E-state index contributed by atoms with van der Waals surface area (Å²) in [5.74, 6) is 0.459. The van der Waals surface area contributed by atoms with Crippen LogP contribution in [0.3, 0.4) is 0 Å². The molecule has 2 saturated heterocycles. The molecule has 2 amide bonds. The first-order valence-corrected chi connectivity index (χ1v) is 10.4. The lowest BCUT2D eigenvalue weighted by Gasteiger charge is -2.32. The van der Waals surface area contributed by atoms with E-state index in [9.17, 15) is 9.59 Å². The van der Waals surface area contributed by atoms with E-state index >= 15 is 0 Å². The summed E-state index contributed by atoms with van der Waals surface area (Å²) in [4.78, 5) is 28.2. The van der Waals surface area contributed by atoms with E-state index in [-0.39, 0.29) is 17.9 Å². The first-order valence-electron chi connectivity index (χ1n) is 10.0. The summed E-state index contributed by atoms with van der Waals surface area (Å²) in [6.07, 6.45) is 3.58. The highest BCUT2D eigenvalue weighted by molar-refractivity contribution is 6.32. The maximum absolute atomic E-state index is 13.0. The highest BCUT2D eigenvalue weighted by Crippen LogP contribution is 2.27. The minimum absolute atomic E-state index is 0.0820. The zero-order valence-corrected chi connectivity index (χ0v) is 16.9. The Hall–Kier alpha value is -2.17. The number of quaternary nitrogens is 1. The van der Waals surface area contributed by atoms with Crippen molar-refractivity contribution in [3.05, 3.63) is 64.7 Å². The molecule has 5 heteroatoms. The Morgan fingerprint density at radius 2 is 1.79 bits per heavy atom. The Bertz CT molecular complexity index is 875. The third-order valence-electron chi connectivity index (χ3n) is 6.17. The van der Waals surface area contributed by atoms with Gasteiger partial charge in [-0.25, -0.2) is 4.90 Å². The molecule has 146 valence electrons. The van der Waals surface area contributed by atoms with Gasteiger partial charge in [0, 0.05) is 5.02 Å². The summed E-state index contributed by atoms with van der Waals surface area (Å²) in [6, 6.07) is 15.7. The van der Waals surface area contributed by atoms with E-state index in [0.717, 1.165) is 37.9 Å². The molecule has 4 nitrogen and oxygen atoms in total. The molecule has 0 spiro atoms. The first-order chi connectivity index (χ1) is 13.5. The fraction of sp³-hybridized carbons (Fsp3) is 0.391. The maximum atomic E-state index is 13.0. The van der Waals surface area contributed by atoms with Crippen molar-refractivity contribution >= 4 is 29.1 Å². The van der Waals surface area contributed by atoms with Gasteiger partial charge in [-0.2, -0.15) is 0 Å². The van der Waals surface area contributed by atoms with Gasteiger partial charge in [0.2, 0.25) is 5.91 Å². The van der Waals surface area contributed by atoms with Crippen LogP contribution in [-0.4, -0.2) is 30.9 Å². The van der Waals surface area contributed by atoms with E-state index in [4.69, 9.17) is 11.6 Å². The molecule has 0 saturated carbocycles. The Morgan fingerprint density at radius 3 is 2.46 bits per heavy atom. The maximum Gasteiger partial charge on any atom is 0.292 e. The topological polar surface area (TPSA) is 41.8 Å². The lowest BCUT2D eigenvalue weighted by molar-refractivity contribution is -0.920. The molecule has 4 rings (SSSR count). The Balaban J connectivity index is 1.40. The highest BCUT2D eigenvalue weighted by atomic mass is 35.5. The molecule has 0 unspecified atom stereocenters. The van der Waals surface area contributed by atoms with E-state index in [1.807, 2.05) is 19.1 Å². The van der Waals surface area contributed by atoms with E-state index in [2.05, 4.69) is 24.3 Å². The minimum Gasteiger partial charge on any atom is -0.324 e. The lowest BCUT2D eigenvalue weighted by Crippen LogP contribution is -3.17. The van der Waals surface area contributed by atoms with E-state index in [1.165, 1.54) is 15.4 Å². The predicted octanol–water partition coefficient (Wildman–Crippen LogP) is 2.82. The largest absolute Gasteiger partial charge is 0.324 e. The summed E-state index contributed by atoms with van der Waals surface area (Å²) < 4.78 is 0. The number of carbonyl (C=O) groups excluding carboxylic acids is 2. The van der Waals surface area contributed by atoms with Crippen LogP contribution in [0, 0.1) is 12.8 Å². The van der Waals surface area contributed by atoms with Crippen molar-refractivity contribution in [1.29, 1.82) is 0 Å². The van der Waals surface area contributed by atoms with Crippen molar-refractivity contribution < 1.29 is 14.5 Å². The molecule has 2 heterocycles. The zero-order chi connectivity index (χ0) is 19.7. The average Bonchev–Trinajstić information content (AvgIpc) is 3.00. The number of anilines is 1. The number of benzene rings is 2. The number of piperidine rings is 1. The first kappa shape index (κ1) is 19.2. The molecule has 2 aliphatic heterocycles. The van der Waals surface area contributed by atoms with Gasteiger partial charge in [-0.1, -0.05) is 48.0 Å². The van der Waals surface area contributed by atoms with Crippen molar-refractivity contribution in [3.63, 3.8) is 0 Å². The van der Waals surface area contributed by atoms with Gasteiger partial charge in [-0.15, -0.1) is 0 Å². The van der Waals surface area contributed by atoms with Gasteiger partial charge in [0.15, 0.2) is 6.04 Å². The van der Waals surface area contributed by atoms with E-state index < -0.39 is 0 Å². The third-order valence-corrected chi connectivity index (χ3v) is 6.57. The van der Waals surface area contributed by atoms with E-state index in [0.29, 0.717) is 23.0 Å². The number of nitrogens with one attached hydrogen (secondary N) is 1. The second-order valence-electron chi connectivity index (χ2n) is 8.05. The standard InChI is InChI=1S/C23H25ClN2O2/c1-16-7-8-19(14-20(16)24)26-22(27)15-21(23(26)28)25-11-9-18(10-12-25)13-17-5-3-2-4-6-17/h2-8,14,18,21H,9-13,15H2,1H3/p+1/t21-/m1/s1. The number of carbonyl (C=O) groups is 2. The molecule has 1 atom stereocenters. The molecule has 28 heavy (non-hydrogen) atoms. The summed E-state index contributed by atoms with van der Waals surface area (Å²) in [7, 11) is 0. The third kappa shape index (κ3) is 3.85. The number of halogens is 1. The molecule has 0 radical (unpaired) electrons. The lowest BCUT2D eigenvalue weighted by atomic mass is 9.89. The van der Waals surface area contributed by atoms with Gasteiger partial charge >= 0.3 is 0 Å². The van der Waals surface area contributed by atoms with Gasteiger partial charge in [0.25, 0.3) is 5.91 Å². The van der Waals surface area contributed by atoms with Gasteiger partial charge in [-0.3, -0.25) is 9.59 Å². The van der Waals surface area contributed by atoms with Crippen LogP contribution in [0.25, 0.3) is 0 Å². The monoisotopic (exact) mass is 397 g/mol. The molecule has 2 aromatic rings. The number of aryl methyl sites for hydroxylation is 1. The molecule has 2 fully saturated rings. The van der Waals surface area contributed by atoms with Crippen molar-refractivity contribution in [2.24, 2.45) is 5.92 Å². The fourth-order valence-corrected chi connectivity index (χ4v) is 4.67. The SMILES string of the molecule is Cc1ccc(N2C(=O)C[C@@H]([NH+]3CCC(Cc4ccccc4)CC3)C2=O)cc1Cl. The van der Waals surface area contributed by atoms with Crippen molar-refractivity contribution in [2.75, 3.05) is 18.0 Å². The molecular weight excluding hydrogens is 372 g/mol. The van der Waals surface area contributed by atoms with Gasteiger partial charge in [0.1, 0.15) is 0 Å². The molecule has 0 aliphatic carbocycles. The number of hydrogen-bond acceptors (Lipinski definition) is 2. The van der Waals surface area contributed by atoms with Crippen LogP contribution in [0.2, 0.25) is 5.02 Å². The summed E-state index contributed by atoms with van der Waals surface area (Å²) in [5, 5.41) is 0.579. The van der Waals surface area contributed by atoms with Crippen LogP contribution in [-0.2, 0) is 16.0 Å².